The van der Waals surface area contributed by atoms with E-state index in [2.05, 4.69) is 0 Å². The lowest BCUT2D eigenvalue weighted by Crippen LogP contribution is -2.49. The molecule has 3 heteroatoms. The maximum atomic E-state index is 12.0. The number of ketones is 1. The lowest BCUT2D eigenvalue weighted by molar-refractivity contribution is -0.141. The highest BCUT2D eigenvalue weighted by Crippen LogP contribution is 2.41. The number of carbonyl (C=O) groups excluding carboxylic acids is 1. The number of Topliss-reactive ketones (excluding diaryl/α,β-unsaturated/α-hetero) is 1. The van der Waals surface area contributed by atoms with E-state index >= 15 is 0 Å². The van der Waals surface area contributed by atoms with Gasteiger partial charge in [-0.05, 0) is 26.7 Å². The lowest BCUT2D eigenvalue weighted by Gasteiger charge is -2.42. The van der Waals surface area contributed by atoms with E-state index in [-0.39, 0.29) is 17.8 Å². The molecule has 0 bridgehead atoms. The summed E-state index contributed by atoms with van der Waals surface area (Å²) >= 11 is 0. The monoisotopic (exact) mass is 205 g/mol. The van der Waals surface area contributed by atoms with Gasteiger partial charge in [0.1, 0.15) is 6.07 Å². The molecule has 1 fully saturated rings. The van der Waals surface area contributed by atoms with Gasteiger partial charge >= 0.3 is 0 Å². The SMILES string of the molecule is CC1(C)C(=O)C(C#N)=CC2CCCOC21. The number of allylic oxidation sites excluding steroid dienone is 1. The Morgan fingerprint density at radius 2 is 2.33 bits per heavy atom. The van der Waals surface area contributed by atoms with Gasteiger partial charge in [-0.3, -0.25) is 4.79 Å². The van der Waals surface area contributed by atoms with Crippen molar-refractivity contribution in [2.24, 2.45) is 11.3 Å². The van der Waals surface area contributed by atoms with Crippen molar-refractivity contribution in [1.82, 2.24) is 0 Å². The molecule has 0 aromatic heterocycles. The fourth-order valence-electron chi connectivity index (χ4n) is 2.57. The molecule has 1 aliphatic heterocycles. The van der Waals surface area contributed by atoms with Crippen LogP contribution < -0.4 is 0 Å². The normalized spacial score (nSPS) is 33.9. The summed E-state index contributed by atoms with van der Waals surface area (Å²) in [6.07, 6.45) is 3.79. The lowest BCUT2D eigenvalue weighted by atomic mass is 9.67. The third kappa shape index (κ3) is 1.49. The minimum atomic E-state index is -0.551. The predicted molar refractivity (Wildman–Crippen MR) is 54.9 cm³/mol. The molecule has 1 aliphatic carbocycles. The molecular formula is C12H15NO2. The minimum Gasteiger partial charge on any atom is -0.377 e. The summed E-state index contributed by atoms with van der Waals surface area (Å²) in [5, 5.41) is 8.90. The average Bonchev–Trinajstić information content (AvgIpc) is 2.24. The molecule has 0 aromatic carbocycles. The van der Waals surface area contributed by atoms with Crippen LogP contribution in [0.2, 0.25) is 0 Å². The molecule has 2 aliphatic rings. The molecule has 0 N–H and O–H groups in total. The first-order valence-corrected chi connectivity index (χ1v) is 5.35. The van der Waals surface area contributed by atoms with Gasteiger partial charge in [0, 0.05) is 12.5 Å². The van der Waals surface area contributed by atoms with E-state index in [1.165, 1.54) is 0 Å². The molecule has 15 heavy (non-hydrogen) atoms. The maximum Gasteiger partial charge on any atom is 0.181 e. The van der Waals surface area contributed by atoms with E-state index in [9.17, 15) is 4.79 Å². The van der Waals surface area contributed by atoms with E-state index in [1.807, 2.05) is 19.9 Å². The standard InChI is InChI=1S/C12H15NO2/c1-12(2)10(14)9(7-13)6-8-4-3-5-15-11(8)12/h6,8,11H,3-5H2,1-2H3. The van der Waals surface area contributed by atoms with Crippen LogP contribution in [0.15, 0.2) is 11.6 Å². The smallest absolute Gasteiger partial charge is 0.181 e. The molecule has 2 unspecified atom stereocenters. The van der Waals surface area contributed by atoms with Crippen molar-refractivity contribution < 1.29 is 9.53 Å². The van der Waals surface area contributed by atoms with Crippen LogP contribution >= 0.6 is 0 Å². The van der Waals surface area contributed by atoms with Crippen LogP contribution in [0.5, 0.6) is 0 Å². The van der Waals surface area contributed by atoms with Gasteiger partial charge in [0.25, 0.3) is 0 Å². The Balaban J connectivity index is 2.41. The van der Waals surface area contributed by atoms with Crippen molar-refractivity contribution in [3.8, 4) is 6.07 Å². The van der Waals surface area contributed by atoms with Crippen molar-refractivity contribution in [3.63, 3.8) is 0 Å². The molecule has 2 atom stereocenters. The zero-order chi connectivity index (χ0) is 11.1. The second-order valence-corrected chi connectivity index (χ2v) is 4.84. The number of carbonyl (C=O) groups is 1. The zero-order valence-corrected chi connectivity index (χ0v) is 9.12. The summed E-state index contributed by atoms with van der Waals surface area (Å²) in [4.78, 5) is 12.0. The summed E-state index contributed by atoms with van der Waals surface area (Å²) in [5.74, 6) is 0.161. The number of ether oxygens (including phenoxy) is 1. The molecule has 1 saturated heterocycles. The van der Waals surface area contributed by atoms with Gasteiger partial charge in [-0.1, -0.05) is 6.08 Å². The van der Waals surface area contributed by atoms with Gasteiger partial charge in [0.15, 0.2) is 5.78 Å². The predicted octanol–water partition coefficient (Wildman–Crippen LogP) is 1.84. The third-order valence-corrected chi connectivity index (χ3v) is 3.41. The Labute approximate surface area is 89.7 Å². The molecule has 0 aromatic rings. The Hall–Kier alpha value is -1.14. The van der Waals surface area contributed by atoms with Gasteiger partial charge < -0.3 is 4.74 Å². The highest BCUT2D eigenvalue weighted by atomic mass is 16.5. The Morgan fingerprint density at radius 1 is 1.60 bits per heavy atom. The fourth-order valence-corrected chi connectivity index (χ4v) is 2.57. The van der Waals surface area contributed by atoms with Crippen LogP contribution in [-0.2, 0) is 9.53 Å². The molecule has 3 nitrogen and oxygen atoms in total. The molecule has 80 valence electrons. The summed E-state index contributed by atoms with van der Waals surface area (Å²) in [7, 11) is 0. The van der Waals surface area contributed by atoms with Gasteiger partial charge in [-0.25, -0.2) is 0 Å². The van der Waals surface area contributed by atoms with Crippen LogP contribution in [0.3, 0.4) is 0 Å². The maximum absolute atomic E-state index is 12.0. The quantitative estimate of drug-likeness (QED) is 0.606. The summed E-state index contributed by atoms with van der Waals surface area (Å²) in [6.45, 7) is 4.49. The molecular weight excluding hydrogens is 190 g/mol. The summed E-state index contributed by atoms with van der Waals surface area (Å²) in [5.41, 5.74) is -0.239. The van der Waals surface area contributed by atoms with E-state index < -0.39 is 5.41 Å². The van der Waals surface area contributed by atoms with Crippen molar-refractivity contribution in [1.29, 1.82) is 5.26 Å². The second-order valence-electron chi connectivity index (χ2n) is 4.84. The zero-order valence-electron chi connectivity index (χ0n) is 9.12. The number of fused-ring (bicyclic) bond motifs is 1. The van der Waals surface area contributed by atoms with Crippen LogP contribution in [0.1, 0.15) is 26.7 Å². The molecule has 0 spiro atoms. The van der Waals surface area contributed by atoms with E-state index in [4.69, 9.17) is 10.00 Å². The first-order valence-electron chi connectivity index (χ1n) is 5.35. The first-order chi connectivity index (χ1) is 7.07. The highest BCUT2D eigenvalue weighted by molar-refractivity contribution is 6.04. The van der Waals surface area contributed by atoms with Crippen molar-refractivity contribution in [3.05, 3.63) is 11.6 Å². The Kier molecular flexibility index (Phi) is 2.40. The van der Waals surface area contributed by atoms with Crippen LogP contribution in [0.25, 0.3) is 0 Å². The topological polar surface area (TPSA) is 50.1 Å². The molecule has 0 saturated carbocycles. The van der Waals surface area contributed by atoms with Crippen molar-refractivity contribution in [2.45, 2.75) is 32.8 Å². The first kappa shape index (κ1) is 10.4. The van der Waals surface area contributed by atoms with Crippen molar-refractivity contribution in [2.75, 3.05) is 6.61 Å². The van der Waals surface area contributed by atoms with E-state index in [0.29, 0.717) is 5.57 Å². The summed E-state index contributed by atoms with van der Waals surface area (Å²) < 4.78 is 5.69. The number of hydrogen-bond acceptors (Lipinski definition) is 3. The van der Waals surface area contributed by atoms with Gasteiger partial charge in [-0.2, -0.15) is 5.26 Å². The number of hydrogen-bond donors (Lipinski definition) is 0. The minimum absolute atomic E-state index is 0.0455. The van der Waals surface area contributed by atoms with E-state index in [0.717, 1.165) is 19.4 Å². The van der Waals surface area contributed by atoms with Gasteiger partial charge in [0.2, 0.25) is 0 Å². The molecule has 0 amide bonds. The third-order valence-electron chi connectivity index (χ3n) is 3.41. The Bertz CT molecular complexity index is 362. The van der Waals surface area contributed by atoms with Gasteiger partial charge in [-0.15, -0.1) is 0 Å². The van der Waals surface area contributed by atoms with Crippen LogP contribution in [0, 0.1) is 22.7 Å². The van der Waals surface area contributed by atoms with Gasteiger partial charge in [0.05, 0.1) is 17.1 Å². The average molecular weight is 205 g/mol. The summed E-state index contributed by atoms with van der Waals surface area (Å²) in [6, 6.07) is 2.00. The number of rotatable bonds is 0. The number of nitriles is 1. The van der Waals surface area contributed by atoms with Crippen LogP contribution in [0.4, 0.5) is 0 Å². The largest absolute Gasteiger partial charge is 0.377 e. The molecule has 0 radical (unpaired) electrons. The van der Waals surface area contributed by atoms with E-state index in [1.54, 1.807) is 6.08 Å². The van der Waals surface area contributed by atoms with Crippen LogP contribution in [-0.4, -0.2) is 18.5 Å². The second kappa shape index (κ2) is 3.46. The molecule has 1 heterocycles. The Morgan fingerprint density at radius 3 is 3.00 bits per heavy atom. The highest BCUT2D eigenvalue weighted by Gasteiger charge is 2.47. The van der Waals surface area contributed by atoms with Crippen molar-refractivity contribution >= 4 is 5.78 Å². The molecule has 2 rings (SSSR count). The number of nitrogens with zero attached hydrogens (tertiary/aromatic N) is 1. The fraction of sp³-hybridized carbons (Fsp3) is 0.667.